The number of anilines is 1. The maximum absolute atomic E-state index is 4.32. The van der Waals surface area contributed by atoms with Crippen molar-refractivity contribution in [2.75, 3.05) is 5.32 Å². The van der Waals surface area contributed by atoms with Crippen LogP contribution in [0.5, 0.6) is 0 Å². The van der Waals surface area contributed by atoms with E-state index in [2.05, 4.69) is 27.4 Å². The molecule has 1 aliphatic carbocycles. The van der Waals surface area contributed by atoms with E-state index in [0.717, 1.165) is 24.5 Å². The monoisotopic (exact) mass is 189 g/mol. The highest BCUT2D eigenvalue weighted by Gasteiger charge is 2.10. The van der Waals surface area contributed by atoms with Crippen molar-refractivity contribution in [2.24, 2.45) is 0 Å². The first-order valence-electron chi connectivity index (χ1n) is 5.06. The van der Waals surface area contributed by atoms with Crippen molar-refractivity contribution in [3.63, 3.8) is 0 Å². The number of nitrogens with zero attached hydrogens (tertiary/aromatic N) is 2. The molecule has 14 heavy (non-hydrogen) atoms. The molecule has 0 spiro atoms. The summed E-state index contributed by atoms with van der Waals surface area (Å²) < 4.78 is 0. The molecule has 0 amide bonds. The fourth-order valence-electron chi connectivity index (χ4n) is 1.63. The molecule has 3 heteroatoms. The lowest BCUT2D eigenvalue weighted by atomic mass is 10.0. The van der Waals surface area contributed by atoms with Crippen LogP contribution >= 0.6 is 0 Å². The van der Waals surface area contributed by atoms with E-state index in [-0.39, 0.29) is 0 Å². The summed E-state index contributed by atoms with van der Waals surface area (Å²) in [5.74, 6) is 0.755. The molecule has 0 bridgehead atoms. The minimum absolute atomic E-state index is 0.502. The predicted octanol–water partition coefficient (Wildman–Crippen LogP) is 2.31. The van der Waals surface area contributed by atoms with Crippen LogP contribution in [0.25, 0.3) is 0 Å². The van der Waals surface area contributed by atoms with Gasteiger partial charge in [-0.05, 0) is 32.3 Å². The molecule has 1 aliphatic rings. The van der Waals surface area contributed by atoms with Crippen molar-refractivity contribution < 1.29 is 0 Å². The number of aryl methyl sites for hydroxylation is 1. The number of hydrogen-bond acceptors (Lipinski definition) is 3. The first-order valence-corrected chi connectivity index (χ1v) is 5.06. The van der Waals surface area contributed by atoms with Crippen LogP contribution in [-0.2, 0) is 0 Å². The third-order valence-corrected chi connectivity index (χ3v) is 2.40. The second kappa shape index (κ2) is 4.22. The number of aromatic nitrogens is 2. The zero-order valence-electron chi connectivity index (χ0n) is 8.40. The topological polar surface area (TPSA) is 37.8 Å². The van der Waals surface area contributed by atoms with Gasteiger partial charge in [0.1, 0.15) is 0 Å². The van der Waals surface area contributed by atoms with Gasteiger partial charge in [-0.2, -0.15) is 0 Å². The van der Waals surface area contributed by atoms with Gasteiger partial charge in [-0.3, -0.25) is 0 Å². The SMILES string of the molecule is Cc1ccnc(NC2CC=CCC2)n1. The lowest BCUT2D eigenvalue weighted by molar-refractivity contribution is 0.638. The van der Waals surface area contributed by atoms with Gasteiger partial charge in [0.05, 0.1) is 0 Å². The molecule has 0 saturated carbocycles. The third kappa shape index (κ3) is 2.31. The molecular formula is C11H15N3. The molecular weight excluding hydrogens is 174 g/mol. The molecule has 1 aromatic rings. The number of allylic oxidation sites excluding steroid dienone is 1. The molecule has 1 heterocycles. The summed E-state index contributed by atoms with van der Waals surface area (Å²) in [5, 5.41) is 3.35. The zero-order chi connectivity index (χ0) is 9.80. The van der Waals surface area contributed by atoms with Crippen LogP contribution in [0, 0.1) is 6.92 Å². The van der Waals surface area contributed by atoms with Crippen LogP contribution < -0.4 is 5.32 Å². The smallest absolute Gasteiger partial charge is 0.223 e. The summed E-state index contributed by atoms with van der Waals surface area (Å²) in [6, 6.07) is 2.41. The molecule has 1 unspecified atom stereocenters. The van der Waals surface area contributed by atoms with Crippen molar-refractivity contribution in [1.82, 2.24) is 9.97 Å². The average molecular weight is 189 g/mol. The summed E-state index contributed by atoms with van der Waals surface area (Å²) in [5.41, 5.74) is 1.01. The summed E-state index contributed by atoms with van der Waals surface area (Å²) in [4.78, 5) is 8.51. The number of nitrogens with one attached hydrogen (secondary N) is 1. The highest BCUT2D eigenvalue weighted by atomic mass is 15.1. The molecule has 0 aromatic carbocycles. The van der Waals surface area contributed by atoms with Gasteiger partial charge in [0, 0.05) is 17.9 Å². The fraction of sp³-hybridized carbons (Fsp3) is 0.455. The van der Waals surface area contributed by atoms with Gasteiger partial charge < -0.3 is 5.32 Å². The Bertz CT molecular complexity index is 333. The zero-order valence-corrected chi connectivity index (χ0v) is 8.40. The normalized spacial score (nSPS) is 20.8. The molecule has 0 radical (unpaired) electrons. The van der Waals surface area contributed by atoms with Gasteiger partial charge in [0.2, 0.25) is 5.95 Å². The van der Waals surface area contributed by atoms with Crippen LogP contribution in [0.2, 0.25) is 0 Å². The van der Waals surface area contributed by atoms with E-state index in [0.29, 0.717) is 6.04 Å². The van der Waals surface area contributed by atoms with Gasteiger partial charge in [0.15, 0.2) is 0 Å². The van der Waals surface area contributed by atoms with E-state index >= 15 is 0 Å². The Morgan fingerprint density at radius 2 is 2.36 bits per heavy atom. The highest BCUT2D eigenvalue weighted by Crippen LogP contribution is 2.14. The van der Waals surface area contributed by atoms with E-state index in [1.165, 1.54) is 6.42 Å². The Kier molecular flexibility index (Phi) is 2.77. The highest BCUT2D eigenvalue weighted by molar-refractivity contribution is 5.27. The average Bonchev–Trinajstić information content (AvgIpc) is 2.19. The minimum Gasteiger partial charge on any atom is -0.351 e. The molecule has 74 valence electrons. The first kappa shape index (κ1) is 9.19. The predicted molar refractivity (Wildman–Crippen MR) is 57.2 cm³/mol. The maximum atomic E-state index is 4.32. The van der Waals surface area contributed by atoms with Crippen LogP contribution in [-0.4, -0.2) is 16.0 Å². The molecule has 2 rings (SSSR count). The number of rotatable bonds is 2. The van der Waals surface area contributed by atoms with E-state index in [1.807, 2.05) is 13.0 Å². The molecule has 0 saturated heterocycles. The van der Waals surface area contributed by atoms with Gasteiger partial charge in [-0.25, -0.2) is 9.97 Å². The lowest BCUT2D eigenvalue weighted by Gasteiger charge is -2.19. The second-order valence-corrected chi connectivity index (χ2v) is 3.65. The molecule has 3 nitrogen and oxygen atoms in total. The third-order valence-electron chi connectivity index (χ3n) is 2.40. The van der Waals surface area contributed by atoms with Gasteiger partial charge >= 0.3 is 0 Å². The van der Waals surface area contributed by atoms with Gasteiger partial charge in [0.25, 0.3) is 0 Å². The van der Waals surface area contributed by atoms with E-state index in [1.54, 1.807) is 6.20 Å². The summed E-state index contributed by atoms with van der Waals surface area (Å²) >= 11 is 0. The van der Waals surface area contributed by atoms with Crippen molar-refractivity contribution in [3.05, 3.63) is 30.1 Å². The Morgan fingerprint density at radius 3 is 3.07 bits per heavy atom. The summed E-state index contributed by atoms with van der Waals surface area (Å²) in [7, 11) is 0. The molecule has 0 aliphatic heterocycles. The van der Waals surface area contributed by atoms with E-state index in [9.17, 15) is 0 Å². The summed E-state index contributed by atoms with van der Waals surface area (Å²) in [6.07, 6.45) is 9.66. The van der Waals surface area contributed by atoms with Crippen molar-refractivity contribution >= 4 is 5.95 Å². The lowest BCUT2D eigenvalue weighted by Crippen LogP contribution is -2.21. The first-order chi connectivity index (χ1) is 6.84. The molecule has 1 aromatic heterocycles. The van der Waals surface area contributed by atoms with Crippen LogP contribution in [0.3, 0.4) is 0 Å². The Morgan fingerprint density at radius 1 is 1.43 bits per heavy atom. The van der Waals surface area contributed by atoms with Crippen molar-refractivity contribution in [3.8, 4) is 0 Å². The van der Waals surface area contributed by atoms with E-state index < -0.39 is 0 Å². The molecule has 1 N–H and O–H groups in total. The Labute approximate surface area is 84.3 Å². The van der Waals surface area contributed by atoms with Crippen molar-refractivity contribution in [1.29, 1.82) is 0 Å². The van der Waals surface area contributed by atoms with Gasteiger partial charge in [-0.15, -0.1) is 0 Å². The Balaban J connectivity index is 1.99. The summed E-state index contributed by atoms with van der Waals surface area (Å²) in [6.45, 7) is 1.98. The quantitative estimate of drug-likeness (QED) is 0.725. The largest absolute Gasteiger partial charge is 0.351 e. The van der Waals surface area contributed by atoms with Gasteiger partial charge in [-0.1, -0.05) is 12.2 Å². The van der Waals surface area contributed by atoms with Crippen LogP contribution in [0.1, 0.15) is 25.0 Å². The standard InChI is InChI=1S/C11H15N3/c1-9-7-8-12-11(13-9)14-10-5-3-2-4-6-10/h2-3,7-8,10H,4-6H2,1H3,(H,12,13,14). The minimum atomic E-state index is 0.502. The van der Waals surface area contributed by atoms with Crippen molar-refractivity contribution in [2.45, 2.75) is 32.2 Å². The Hall–Kier alpha value is -1.38. The van der Waals surface area contributed by atoms with Crippen LogP contribution in [0.15, 0.2) is 24.4 Å². The fourth-order valence-corrected chi connectivity index (χ4v) is 1.63. The van der Waals surface area contributed by atoms with Crippen LogP contribution in [0.4, 0.5) is 5.95 Å². The number of hydrogen-bond donors (Lipinski definition) is 1. The van der Waals surface area contributed by atoms with E-state index in [4.69, 9.17) is 0 Å². The molecule has 1 atom stereocenters. The molecule has 0 fully saturated rings. The second-order valence-electron chi connectivity index (χ2n) is 3.65. The maximum Gasteiger partial charge on any atom is 0.223 e.